The Morgan fingerprint density at radius 3 is 2.49 bits per heavy atom. The van der Waals surface area contributed by atoms with E-state index in [2.05, 4.69) is 16.3 Å². The largest absolute Gasteiger partial charge is 0.482 e. The van der Waals surface area contributed by atoms with Gasteiger partial charge in [0, 0.05) is 25.2 Å². The van der Waals surface area contributed by atoms with Crippen LogP contribution in [0.15, 0.2) is 72.8 Å². The van der Waals surface area contributed by atoms with Crippen LogP contribution in [0.1, 0.15) is 40.2 Å². The number of hydrogen-bond acceptors (Lipinski definition) is 4. The average molecular weight is 502 g/mol. The second-order valence-corrected chi connectivity index (χ2v) is 9.64. The van der Waals surface area contributed by atoms with E-state index in [4.69, 9.17) is 4.74 Å². The fraction of sp³-hybridized carbons (Fsp3) is 0.333. The number of carbonyl (C=O) groups is 2. The van der Waals surface area contributed by atoms with E-state index in [0.29, 0.717) is 25.4 Å². The second kappa shape index (κ2) is 11.6. The highest BCUT2D eigenvalue weighted by atomic mass is 19.1. The Labute approximate surface area is 217 Å². The molecular weight excluding hydrogens is 469 g/mol. The van der Waals surface area contributed by atoms with Crippen molar-refractivity contribution in [2.75, 3.05) is 44.2 Å². The van der Waals surface area contributed by atoms with Gasteiger partial charge in [-0.15, -0.1) is 0 Å². The van der Waals surface area contributed by atoms with Crippen LogP contribution in [0.5, 0.6) is 5.75 Å². The molecule has 0 atom stereocenters. The lowest BCUT2D eigenvalue weighted by Gasteiger charge is -2.35. The van der Waals surface area contributed by atoms with Crippen molar-refractivity contribution < 1.29 is 18.7 Å². The van der Waals surface area contributed by atoms with Crippen LogP contribution in [-0.4, -0.2) is 56.0 Å². The zero-order valence-corrected chi connectivity index (χ0v) is 20.9. The summed E-state index contributed by atoms with van der Waals surface area (Å²) in [5.41, 5.74) is 3.66. The highest BCUT2D eigenvalue weighted by molar-refractivity contribution is 5.98. The summed E-state index contributed by atoms with van der Waals surface area (Å²) in [6.07, 6.45) is 2.59. The van der Waals surface area contributed by atoms with Crippen molar-refractivity contribution in [2.24, 2.45) is 0 Å². The molecular formula is C30H32FN3O3. The molecule has 7 heteroatoms. The summed E-state index contributed by atoms with van der Waals surface area (Å²) in [5.74, 6) is 0.750. The number of rotatable bonds is 8. The van der Waals surface area contributed by atoms with Crippen LogP contribution in [0.25, 0.3) is 0 Å². The van der Waals surface area contributed by atoms with Gasteiger partial charge < -0.3 is 19.9 Å². The second-order valence-electron chi connectivity index (χ2n) is 9.64. The Morgan fingerprint density at radius 1 is 0.946 bits per heavy atom. The lowest BCUT2D eigenvalue weighted by atomic mass is 9.86. The molecule has 0 aromatic heterocycles. The topological polar surface area (TPSA) is 61.9 Å². The maximum absolute atomic E-state index is 13.1. The van der Waals surface area contributed by atoms with E-state index >= 15 is 0 Å². The molecule has 0 bridgehead atoms. The minimum atomic E-state index is -0.257. The summed E-state index contributed by atoms with van der Waals surface area (Å²) in [6, 6.07) is 21.9. The Kier molecular flexibility index (Phi) is 7.80. The third-order valence-electron chi connectivity index (χ3n) is 7.29. The number of nitrogens with zero attached hydrogens (tertiary/aromatic N) is 2. The monoisotopic (exact) mass is 501 g/mol. The number of nitrogens with one attached hydrogen (secondary N) is 1. The number of benzene rings is 3. The Bertz CT molecular complexity index is 1240. The maximum Gasteiger partial charge on any atom is 0.265 e. The molecule has 6 nitrogen and oxygen atoms in total. The van der Waals surface area contributed by atoms with Crippen molar-refractivity contribution in [1.82, 2.24) is 10.2 Å². The number of likely N-dealkylation sites (tertiary alicyclic amines) is 1. The van der Waals surface area contributed by atoms with E-state index in [-0.39, 0.29) is 24.2 Å². The van der Waals surface area contributed by atoms with Crippen molar-refractivity contribution in [2.45, 2.75) is 25.2 Å². The standard InChI is InChI=1S/C30H32FN3O3/c31-24-11-9-22(10-12-24)13-16-32-30(36)26-6-2-1-5-25(26)23-14-17-33(18-15-23)19-20-34-27-7-3-4-8-28(27)37-21-29(34)35/h1-12,23H,13-21H2,(H,32,36). The normalized spacial score (nSPS) is 16.2. The van der Waals surface area contributed by atoms with Gasteiger partial charge in [-0.05, 0) is 79.7 Å². The van der Waals surface area contributed by atoms with Gasteiger partial charge in [0.2, 0.25) is 0 Å². The van der Waals surface area contributed by atoms with E-state index in [9.17, 15) is 14.0 Å². The number of amides is 2. The van der Waals surface area contributed by atoms with Crippen molar-refractivity contribution >= 4 is 17.5 Å². The van der Waals surface area contributed by atoms with E-state index < -0.39 is 0 Å². The lowest BCUT2D eigenvalue weighted by molar-refractivity contribution is -0.121. The molecule has 0 radical (unpaired) electrons. The summed E-state index contributed by atoms with van der Waals surface area (Å²) in [5, 5.41) is 3.03. The highest BCUT2D eigenvalue weighted by Gasteiger charge is 2.28. The van der Waals surface area contributed by atoms with Crippen LogP contribution in [-0.2, 0) is 11.2 Å². The molecule has 2 heterocycles. The summed E-state index contributed by atoms with van der Waals surface area (Å²) < 4.78 is 18.7. The number of para-hydroxylation sites is 2. The van der Waals surface area contributed by atoms with Gasteiger partial charge in [-0.1, -0.05) is 42.5 Å². The van der Waals surface area contributed by atoms with Crippen molar-refractivity contribution in [3.63, 3.8) is 0 Å². The number of carbonyl (C=O) groups excluding carboxylic acids is 2. The first-order valence-corrected chi connectivity index (χ1v) is 12.9. The van der Waals surface area contributed by atoms with Gasteiger partial charge in [-0.2, -0.15) is 0 Å². The molecule has 0 spiro atoms. The summed E-state index contributed by atoms with van der Waals surface area (Å²) in [6.45, 7) is 3.87. The van der Waals surface area contributed by atoms with E-state index in [0.717, 1.165) is 60.6 Å². The first kappa shape index (κ1) is 25.0. The molecule has 3 aromatic rings. The number of halogens is 1. The zero-order valence-electron chi connectivity index (χ0n) is 20.9. The first-order valence-electron chi connectivity index (χ1n) is 12.9. The van der Waals surface area contributed by atoms with E-state index in [1.54, 1.807) is 12.1 Å². The first-order chi connectivity index (χ1) is 18.1. The van der Waals surface area contributed by atoms with Gasteiger partial charge in [0.15, 0.2) is 6.61 Å². The van der Waals surface area contributed by atoms with Gasteiger partial charge in [0.1, 0.15) is 11.6 Å². The highest BCUT2D eigenvalue weighted by Crippen LogP contribution is 2.33. The van der Waals surface area contributed by atoms with Gasteiger partial charge >= 0.3 is 0 Å². The Morgan fingerprint density at radius 2 is 1.68 bits per heavy atom. The van der Waals surface area contributed by atoms with Crippen molar-refractivity contribution in [3.8, 4) is 5.75 Å². The molecule has 0 saturated carbocycles. The van der Waals surface area contributed by atoms with Gasteiger partial charge in [-0.3, -0.25) is 9.59 Å². The smallest absolute Gasteiger partial charge is 0.265 e. The van der Waals surface area contributed by atoms with Crippen LogP contribution < -0.4 is 15.0 Å². The third kappa shape index (κ3) is 6.00. The van der Waals surface area contributed by atoms with Crippen LogP contribution in [0.3, 0.4) is 0 Å². The van der Waals surface area contributed by atoms with Crippen LogP contribution >= 0.6 is 0 Å². The van der Waals surface area contributed by atoms with Crippen LogP contribution in [0.2, 0.25) is 0 Å². The molecule has 2 aliphatic rings. The minimum absolute atomic E-state index is 0.00652. The number of piperidine rings is 1. The number of fused-ring (bicyclic) bond motifs is 1. The van der Waals surface area contributed by atoms with Crippen LogP contribution in [0.4, 0.5) is 10.1 Å². The fourth-order valence-electron chi connectivity index (χ4n) is 5.23. The molecule has 2 aliphatic heterocycles. The SMILES string of the molecule is O=C(NCCc1ccc(F)cc1)c1ccccc1C1CCN(CCN2C(=O)COc3ccccc32)CC1. The van der Waals surface area contributed by atoms with Gasteiger partial charge in [-0.25, -0.2) is 4.39 Å². The predicted molar refractivity (Wildman–Crippen MR) is 142 cm³/mol. The van der Waals surface area contributed by atoms with E-state index in [1.165, 1.54) is 12.1 Å². The molecule has 0 aliphatic carbocycles. The summed E-state index contributed by atoms with van der Waals surface area (Å²) in [4.78, 5) is 29.7. The van der Waals surface area contributed by atoms with Gasteiger partial charge in [0.25, 0.3) is 11.8 Å². The molecule has 5 rings (SSSR count). The number of ether oxygens (including phenoxy) is 1. The molecule has 2 amide bonds. The minimum Gasteiger partial charge on any atom is -0.482 e. The number of anilines is 1. The maximum atomic E-state index is 13.1. The van der Waals surface area contributed by atoms with E-state index in [1.807, 2.05) is 47.4 Å². The average Bonchev–Trinajstić information content (AvgIpc) is 2.94. The molecule has 3 aromatic carbocycles. The Balaban J connectivity index is 1.14. The Hall–Kier alpha value is -3.71. The lowest BCUT2D eigenvalue weighted by Crippen LogP contribution is -2.45. The third-order valence-corrected chi connectivity index (χ3v) is 7.29. The molecule has 192 valence electrons. The molecule has 1 N–H and O–H groups in total. The summed E-state index contributed by atoms with van der Waals surface area (Å²) >= 11 is 0. The zero-order chi connectivity index (χ0) is 25.6. The molecule has 1 fully saturated rings. The van der Waals surface area contributed by atoms with Crippen molar-refractivity contribution in [3.05, 3.63) is 95.3 Å². The molecule has 37 heavy (non-hydrogen) atoms. The van der Waals surface area contributed by atoms with Gasteiger partial charge in [0.05, 0.1) is 5.69 Å². The van der Waals surface area contributed by atoms with Crippen molar-refractivity contribution in [1.29, 1.82) is 0 Å². The molecule has 1 saturated heterocycles. The predicted octanol–water partition coefficient (Wildman–Crippen LogP) is 4.40. The fourth-order valence-corrected chi connectivity index (χ4v) is 5.23. The van der Waals surface area contributed by atoms with Crippen LogP contribution in [0, 0.1) is 5.82 Å². The number of hydrogen-bond donors (Lipinski definition) is 1. The summed E-state index contributed by atoms with van der Waals surface area (Å²) in [7, 11) is 0. The molecule has 0 unspecified atom stereocenters. The quantitative estimate of drug-likeness (QED) is 0.497.